The summed E-state index contributed by atoms with van der Waals surface area (Å²) < 4.78 is 0. The number of nitrogens with zero attached hydrogens (tertiary/aromatic N) is 1. The highest BCUT2D eigenvalue weighted by Gasteiger charge is 2.25. The molecule has 0 spiro atoms. The molecule has 2 heteroatoms. The Morgan fingerprint density at radius 3 is 1.83 bits per heavy atom. The fourth-order valence-electron chi connectivity index (χ4n) is 3.60. The minimum Gasteiger partial charge on any atom is -0.393 e. The molecule has 0 saturated heterocycles. The fourth-order valence-corrected chi connectivity index (χ4v) is 3.60. The van der Waals surface area contributed by atoms with Crippen LogP contribution in [0.2, 0.25) is 0 Å². The van der Waals surface area contributed by atoms with Gasteiger partial charge in [-0.2, -0.15) is 0 Å². The van der Waals surface area contributed by atoms with Crippen molar-refractivity contribution >= 4 is 0 Å². The number of aliphatic hydroxyl groups is 1. The van der Waals surface area contributed by atoms with Gasteiger partial charge >= 0.3 is 0 Å². The molecule has 0 unspecified atom stereocenters. The van der Waals surface area contributed by atoms with Crippen LogP contribution in [0.4, 0.5) is 0 Å². The minimum absolute atomic E-state index is 0.127. The van der Waals surface area contributed by atoms with E-state index in [0.29, 0.717) is 5.92 Å². The summed E-state index contributed by atoms with van der Waals surface area (Å²) in [7, 11) is 0. The third-order valence-corrected chi connectivity index (χ3v) is 4.86. The van der Waals surface area contributed by atoms with E-state index in [9.17, 15) is 5.11 Å². The molecule has 23 heavy (non-hydrogen) atoms. The van der Waals surface area contributed by atoms with E-state index in [1.807, 2.05) is 0 Å². The van der Waals surface area contributed by atoms with Crippen molar-refractivity contribution in [1.82, 2.24) is 4.90 Å². The summed E-state index contributed by atoms with van der Waals surface area (Å²) in [4.78, 5) is 2.49. The topological polar surface area (TPSA) is 23.5 Å². The standard InChI is InChI=1S/C21H27NO/c23-21-14-8-7-13-20(21)17-22(15-18-9-3-1-4-10-18)16-19-11-5-2-6-12-19/h1-6,9-12,20-21,23H,7-8,13-17H2/t20-,21+/m0/s1. The summed E-state index contributed by atoms with van der Waals surface area (Å²) in [6.45, 7) is 2.86. The number of hydrogen-bond donors (Lipinski definition) is 1. The molecule has 0 heterocycles. The van der Waals surface area contributed by atoms with Crippen LogP contribution in [0.5, 0.6) is 0 Å². The first kappa shape index (κ1) is 16.2. The fraction of sp³-hybridized carbons (Fsp3) is 0.429. The Morgan fingerprint density at radius 2 is 1.30 bits per heavy atom. The summed E-state index contributed by atoms with van der Waals surface area (Å²) in [6.07, 6.45) is 4.43. The van der Waals surface area contributed by atoms with Crippen molar-refractivity contribution in [1.29, 1.82) is 0 Å². The van der Waals surface area contributed by atoms with Crippen molar-refractivity contribution < 1.29 is 5.11 Å². The lowest BCUT2D eigenvalue weighted by molar-refractivity contribution is 0.0428. The average molecular weight is 309 g/mol. The quantitative estimate of drug-likeness (QED) is 0.862. The zero-order valence-electron chi connectivity index (χ0n) is 13.8. The normalized spacial score (nSPS) is 21.5. The van der Waals surface area contributed by atoms with Crippen LogP contribution in [-0.4, -0.2) is 22.7 Å². The first-order valence-corrected chi connectivity index (χ1v) is 8.79. The first-order valence-electron chi connectivity index (χ1n) is 8.79. The third kappa shape index (κ3) is 4.92. The Bertz CT molecular complexity index is 527. The lowest BCUT2D eigenvalue weighted by atomic mass is 9.86. The number of hydrogen-bond acceptors (Lipinski definition) is 2. The van der Waals surface area contributed by atoms with Gasteiger partial charge in [0.25, 0.3) is 0 Å². The summed E-state index contributed by atoms with van der Waals surface area (Å²) in [5.41, 5.74) is 2.68. The number of aliphatic hydroxyl groups excluding tert-OH is 1. The van der Waals surface area contributed by atoms with E-state index in [0.717, 1.165) is 32.5 Å². The second-order valence-corrected chi connectivity index (χ2v) is 6.75. The molecule has 2 aromatic rings. The Kier molecular flexibility index (Phi) is 5.84. The summed E-state index contributed by atoms with van der Waals surface area (Å²) in [6, 6.07) is 21.3. The maximum atomic E-state index is 10.3. The Hall–Kier alpha value is -1.64. The monoisotopic (exact) mass is 309 g/mol. The second-order valence-electron chi connectivity index (χ2n) is 6.75. The van der Waals surface area contributed by atoms with Crippen LogP contribution < -0.4 is 0 Å². The second kappa shape index (κ2) is 8.28. The van der Waals surface area contributed by atoms with Crippen LogP contribution in [-0.2, 0) is 13.1 Å². The molecule has 1 N–H and O–H groups in total. The molecule has 1 fully saturated rings. The predicted octanol–water partition coefficient (Wildman–Crippen LogP) is 4.24. The SMILES string of the molecule is O[C@@H]1CCCC[C@H]1CN(Cc1ccccc1)Cc1ccccc1. The molecule has 2 aromatic carbocycles. The highest BCUT2D eigenvalue weighted by atomic mass is 16.3. The Labute approximate surface area is 139 Å². The van der Waals surface area contributed by atoms with Crippen LogP contribution >= 0.6 is 0 Å². The molecule has 0 amide bonds. The third-order valence-electron chi connectivity index (χ3n) is 4.86. The van der Waals surface area contributed by atoms with Crippen molar-refractivity contribution in [3.05, 3.63) is 71.8 Å². The van der Waals surface area contributed by atoms with Crippen molar-refractivity contribution in [2.75, 3.05) is 6.54 Å². The molecule has 0 radical (unpaired) electrons. The van der Waals surface area contributed by atoms with E-state index in [2.05, 4.69) is 65.6 Å². The number of benzene rings is 2. The van der Waals surface area contributed by atoms with Crippen LogP contribution in [0, 0.1) is 5.92 Å². The van der Waals surface area contributed by atoms with E-state index >= 15 is 0 Å². The predicted molar refractivity (Wildman–Crippen MR) is 95.0 cm³/mol. The van der Waals surface area contributed by atoms with Crippen molar-refractivity contribution in [3.63, 3.8) is 0 Å². The largest absolute Gasteiger partial charge is 0.393 e. The van der Waals surface area contributed by atoms with Crippen molar-refractivity contribution in [2.45, 2.75) is 44.9 Å². The molecule has 0 bridgehead atoms. The van der Waals surface area contributed by atoms with E-state index in [-0.39, 0.29) is 6.10 Å². The van der Waals surface area contributed by atoms with Gasteiger partial charge in [-0.3, -0.25) is 4.90 Å². The zero-order valence-corrected chi connectivity index (χ0v) is 13.8. The van der Waals surface area contributed by atoms with Gasteiger partial charge in [0.2, 0.25) is 0 Å². The molecule has 1 aliphatic carbocycles. The molecule has 0 aromatic heterocycles. The highest BCUT2D eigenvalue weighted by Crippen LogP contribution is 2.26. The maximum absolute atomic E-state index is 10.3. The van der Waals surface area contributed by atoms with Crippen LogP contribution in [0.3, 0.4) is 0 Å². The lowest BCUT2D eigenvalue weighted by Crippen LogP contribution is -2.36. The van der Waals surface area contributed by atoms with E-state index < -0.39 is 0 Å². The van der Waals surface area contributed by atoms with E-state index in [1.165, 1.54) is 24.0 Å². The van der Waals surface area contributed by atoms with Gasteiger partial charge < -0.3 is 5.11 Å². The molecule has 3 rings (SSSR count). The van der Waals surface area contributed by atoms with E-state index in [1.54, 1.807) is 0 Å². The van der Waals surface area contributed by atoms with Gasteiger partial charge in [0.05, 0.1) is 6.10 Å². The minimum atomic E-state index is -0.127. The van der Waals surface area contributed by atoms with Gasteiger partial charge in [-0.25, -0.2) is 0 Å². The molecule has 0 aliphatic heterocycles. The van der Waals surface area contributed by atoms with Gasteiger partial charge in [-0.15, -0.1) is 0 Å². The average Bonchev–Trinajstić information content (AvgIpc) is 2.59. The molecule has 1 saturated carbocycles. The zero-order chi connectivity index (χ0) is 15.9. The van der Waals surface area contributed by atoms with Gasteiger partial charge in [-0.1, -0.05) is 73.5 Å². The Balaban J connectivity index is 1.69. The summed E-state index contributed by atoms with van der Waals surface area (Å²) in [5.74, 6) is 0.413. The van der Waals surface area contributed by atoms with Crippen LogP contribution in [0.15, 0.2) is 60.7 Å². The van der Waals surface area contributed by atoms with Crippen LogP contribution in [0.25, 0.3) is 0 Å². The molecule has 1 aliphatic rings. The van der Waals surface area contributed by atoms with Gasteiger partial charge in [0.15, 0.2) is 0 Å². The van der Waals surface area contributed by atoms with Gasteiger partial charge in [0.1, 0.15) is 0 Å². The molecule has 2 nitrogen and oxygen atoms in total. The molecule has 122 valence electrons. The smallest absolute Gasteiger partial charge is 0.0580 e. The number of rotatable bonds is 6. The maximum Gasteiger partial charge on any atom is 0.0580 e. The Morgan fingerprint density at radius 1 is 0.783 bits per heavy atom. The lowest BCUT2D eigenvalue weighted by Gasteiger charge is -2.33. The summed E-state index contributed by atoms with van der Waals surface area (Å²) >= 11 is 0. The van der Waals surface area contributed by atoms with Crippen molar-refractivity contribution in [2.24, 2.45) is 5.92 Å². The van der Waals surface area contributed by atoms with Crippen LogP contribution in [0.1, 0.15) is 36.8 Å². The van der Waals surface area contributed by atoms with Crippen molar-refractivity contribution in [3.8, 4) is 0 Å². The molecular weight excluding hydrogens is 282 g/mol. The van der Waals surface area contributed by atoms with Gasteiger partial charge in [0, 0.05) is 19.6 Å². The first-order chi connectivity index (χ1) is 11.3. The molecule has 2 atom stereocenters. The van der Waals surface area contributed by atoms with E-state index in [4.69, 9.17) is 0 Å². The van der Waals surface area contributed by atoms with Gasteiger partial charge in [-0.05, 0) is 29.9 Å². The molecular formula is C21H27NO. The highest BCUT2D eigenvalue weighted by molar-refractivity contribution is 5.17. The summed E-state index contributed by atoms with van der Waals surface area (Å²) in [5, 5.41) is 10.3.